The minimum atomic E-state index is -0.498. The fraction of sp³-hybridized carbons (Fsp3) is 0.462. The molecule has 1 unspecified atom stereocenters. The Hall–Kier alpha value is -1.62. The molecule has 0 bridgehead atoms. The van der Waals surface area contributed by atoms with Crippen molar-refractivity contribution in [3.8, 4) is 5.75 Å². The fourth-order valence-electron chi connectivity index (χ4n) is 1.86. The molecule has 98 valence electrons. The summed E-state index contributed by atoms with van der Waals surface area (Å²) in [4.78, 5) is 11.7. The van der Waals surface area contributed by atoms with E-state index >= 15 is 0 Å². The van der Waals surface area contributed by atoms with Crippen LogP contribution in [0.15, 0.2) is 18.2 Å². The van der Waals surface area contributed by atoms with Crippen molar-refractivity contribution in [1.82, 2.24) is 0 Å². The highest BCUT2D eigenvalue weighted by atomic mass is 19.1. The summed E-state index contributed by atoms with van der Waals surface area (Å²) in [5, 5.41) is 2.63. The Morgan fingerprint density at radius 3 is 2.89 bits per heavy atom. The van der Waals surface area contributed by atoms with Crippen LogP contribution in [0.2, 0.25) is 0 Å². The third kappa shape index (κ3) is 3.20. The van der Waals surface area contributed by atoms with Crippen LogP contribution in [-0.4, -0.2) is 19.1 Å². The van der Waals surface area contributed by atoms with Gasteiger partial charge in [-0.1, -0.05) is 0 Å². The van der Waals surface area contributed by atoms with Crippen LogP contribution in [0.5, 0.6) is 5.75 Å². The normalized spacial score (nSPS) is 16.2. The van der Waals surface area contributed by atoms with Crippen LogP contribution in [0, 0.1) is 11.7 Å². The van der Waals surface area contributed by atoms with Crippen molar-refractivity contribution in [3.05, 3.63) is 24.0 Å². The van der Waals surface area contributed by atoms with Crippen molar-refractivity contribution in [3.63, 3.8) is 0 Å². The summed E-state index contributed by atoms with van der Waals surface area (Å²) < 4.78 is 18.2. The van der Waals surface area contributed by atoms with Crippen LogP contribution in [0.4, 0.5) is 10.1 Å². The molecule has 0 radical (unpaired) electrons. The fourth-order valence-corrected chi connectivity index (χ4v) is 1.86. The van der Waals surface area contributed by atoms with E-state index in [0.717, 1.165) is 12.8 Å². The molecule has 18 heavy (non-hydrogen) atoms. The van der Waals surface area contributed by atoms with E-state index in [-0.39, 0.29) is 24.1 Å². The van der Waals surface area contributed by atoms with Gasteiger partial charge in [-0.15, -0.1) is 0 Å². The number of halogens is 1. The number of carbonyl (C=O) groups excluding carboxylic acids is 1. The Morgan fingerprint density at radius 1 is 1.61 bits per heavy atom. The highest BCUT2D eigenvalue weighted by molar-refractivity contribution is 5.91. The second kappa shape index (κ2) is 5.35. The summed E-state index contributed by atoms with van der Waals surface area (Å²) in [6, 6.07) is 4.22. The van der Waals surface area contributed by atoms with E-state index in [2.05, 4.69) is 5.32 Å². The molecule has 1 amide bonds. The van der Waals surface area contributed by atoms with E-state index in [1.165, 1.54) is 19.2 Å². The molecule has 4 nitrogen and oxygen atoms in total. The maximum absolute atomic E-state index is 13.4. The summed E-state index contributed by atoms with van der Waals surface area (Å²) in [6.07, 6.45) is 2.48. The number of carbonyl (C=O) groups is 1. The minimum absolute atomic E-state index is 0.0897. The van der Waals surface area contributed by atoms with Crippen molar-refractivity contribution in [2.75, 3.05) is 12.4 Å². The van der Waals surface area contributed by atoms with Crippen LogP contribution in [0.1, 0.15) is 19.3 Å². The van der Waals surface area contributed by atoms with Crippen molar-refractivity contribution in [1.29, 1.82) is 0 Å². The Labute approximate surface area is 105 Å². The lowest BCUT2D eigenvalue weighted by Gasteiger charge is -2.11. The third-order valence-corrected chi connectivity index (χ3v) is 3.08. The first-order valence-corrected chi connectivity index (χ1v) is 5.99. The summed E-state index contributed by atoms with van der Waals surface area (Å²) >= 11 is 0. The monoisotopic (exact) mass is 252 g/mol. The second-order valence-corrected chi connectivity index (χ2v) is 4.60. The molecule has 1 saturated carbocycles. The smallest absolute Gasteiger partial charge is 0.225 e. The van der Waals surface area contributed by atoms with Gasteiger partial charge in [0.05, 0.1) is 7.11 Å². The highest BCUT2D eigenvalue weighted by Crippen LogP contribution is 2.32. The predicted octanol–water partition coefficient (Wildman–Crippen LogP) is 1.90. The summed E-state index contributed by atoms with van der Waals surface area (Å²) in [7, 11) is 1.39. The molecule has 0 aromatic heterocycles. The zero-order valence-corrected chi connectivity index (χ0v) is 10.3. The number of nitrogens with one attached hydrogen (secondary N) is 1. The number of rotatable bonds is 5. The van der Waals surface area contributed by atoms with Crippen molar-refractivity contribution < 1.29 is 13.9 Å². The van der Waals surface area contributed by atoms with Gasteiger partial charge in [0.2, 0.25) is 5.91 Å². The van der Waals surface area contributed by atoms with Gasteiger partial charge >= 0.3 is 0 Å². The minimum Gasteiger partial charge on any atom is -0.494 e. The zero-order chi connectivity index (χ0) is 13.1. The van der Waals surface area contributed by atoms with Crippen LogP contribution >= 0.6 is 0 Å². The lowest BCUT2D eigenvalue weighted by molar-refractivity contribution is -0.116. The lowest BCUT2D eigenvalue weighted by atomic mass is 10.1. The first-order valence-electron chi connectivity index (χ1n) is 5.99. The Kier molecular flexibility index (Phi) is 3.81. The molecule has 2 rings (SSSR count). The van der Waals surface area contributed by atoms with Gasteiger partial charge in [-0.3, -0.25) is 4.79 Å². The Bertz CT molecular complexity index is 447. The number of amides is 1. The molecule has 1 fully saturated rings. The first kappa shape index (κ1) is 12.8. The number of methoxy groups -OCH3 is 1. The Morgan fingerprint density at radius 2 is 2.33 bits per heavy atom. The summed E-state index contributed by atoms with van der Waals surface area (Å²) in [5.74, 6) is -0.0493. The van der Waals surface area contributed by atoms with Gasteiger partial charge in [-0.2, -0.15) is 0 Å². The van der Waals surface area contributed by atoms with E-state index in [0.29, 0.717) is 11.6 Å². The number of benzene rings is 1. The summed E-state index contributed by atoms with van der Waals surface area (Å²) in [6.45, 7) is 0. The predicted molar refractivity (Wildman–Crippen MR) is 66.9 cm³/mol. The molecule has 0 heterocycles. The SMILES string of the molecule is COc1ccc(NC(=O)CC(N)C2CC2)cc1F. The van der Waals surface area contributed by atoms with E-state index in [1.54, 1.807) is 6.07 Å². The van der Waals surface area contributed by atoms with Gasteiger partial charge in [0.1, 0.15) is 0 Å². The van der Waals surface area contributed by atoms with Crippen LogP contribution in [-0.2, 0) is 4.79 Å². The number of hydrogen-bond acceptors (Lipinski definition) is 3. The Balaban J connectivity index is 1.91. The van der Waals surface area contributed by atoms with Gasteiger partial charge in [-0.05, 0) is 30.9 Å². The number of anilines is 1. The van der Waals surface area contributed by atoms with E-state index in [1.807, 2.05) is 0 Å². The lowest BCUT2D eigenvalue weighted by Crippen LogP contribution is -2.28. The largest absolute Gasteiger partial charge is 0.494 e. The van der Waals surface area contributed by atoms with Crippen molar-refractivity contribution in [2.45, 2.75) is 25.3 Å². The average Bonchev–Trinajstić information content (AvgIpc) is 3.12. The van der Waals surface area contributed by atoms with Crippen molar-refractivity contribution in [2.24, 2.45) is 11.7 Å². The molecule has 3 N–H and O–H groups in total. The molecule has 0 aliphatic heterocycles. The van der Waals surface area contributed by atoms with E-state index in [9.17, 15) is 9.18 Å². The quantitative estimate of drug-likeness (QED) is 0.841. The van der Waals surface area contributed by atoms with Crippen LogP contribution in [0.3, 0.4) is 0 Å². The van der Waals surface area contributed by atoms with Gasteiger partial charge in [0.15, 0.2) is 11.6 Å². The molecule has 0 saturated heterocycles. The molecular formula is C13H17FN2O2. The van der Waals surface area contributed by atoms with Crippen LogP contribution < -0.4 is 15.8 Å². The molecule has 1 atom stereocenters. The highest BCUT2D eigenvalue weighted by Gasteiger charge is 2.29. The molecule has 1 aromatic rings. The molecule has 5 heteroatoms. The van der Waals surface area contributed by atoms with Gasteiger partial charge < -0.3 is 15.8 Å². The molecule has 1 aliphatic carbocycles. The first-order chi connectivity index (χ1) is 8.60. The summed E-state index contributed by atoms with van der Waals surface area (Å²) in [5.41, 5.74) is 6.27. The molecular weight excluding hydrogens is 235 g/mol. The van der Waals surface area contributed by atoms with Crippen LogP contribution in [0.25, 0.3) is 0 Å². The van der Waals surface area contributed by atoms with E-state index < -0.39 is 5.82 Å². The standard InChI is InChI=1S/C13H17FN2O2/c1-18-12-5-4-9(6-10(12)14)16-13(17)7-11(15)8-2-3-8/h4-6,8,11H,2-3,7,15H2,1H3,(H,16,17). The van der Waals surface area contributed by atoms with Crippen molar-refractivity contribution >= 4 is 11.6 Å². The third-order valence-electron chi connectivity index (χ3n) is 3.08. The average molecular weight is 252 g/mol. The number of ether oxygens (including phenoxy) is 1. The second-order valence-electron chi connectivity index (χ2n) is 4.60. The van der Waals surface area contributed by atoms with Gasteiger partial charge in [-0.25, -0.2) is 4.39 Å². The van der Waals surface area contributed by atoms with E-state index in [4.69, 9.17) is 10.5 Å². The molecule has 1 aromatic carbocycles. The van der Waals surface area contributed by atoms with Gasteiger partial charge in [0, 0.05) is 24.2 Å². The molecule has 0 spiro atoms. The molecule has 1 aliphatic rings. The maximum atomic E-state index is 13.4. The maximum Gasteiger partial charge on any atom is 0.225 e. The zero-order valence-electron chi connectivity index (χ0n) is 10.3. The number of hydrogen-bond donors (Lipinski definition) is 2. The topological polar surface area (TPSA) is 64.3 Å². The van der Waals surface area contributed by atoms with Gasteiger partial charge in [0.25, 0.3) is 0 Å². The number of nitrogens with two attached hydrogens (primary N) is 1.